The van der Waals surface area contributed by atoms with Crippen molar-refractivity contribution in [1.29, 1.82) is 0 Å². The molecule has 0 fully saturated rings. The number of benzene rings is 1. The first-order valence-corrected chi connectivity index (χ1v) is 10.8. The molecular weight excluding hydrogens is 444 g/mol. The van der Waals surface area contributed by atoms with Gasteiger partial charge in [0.05, 0.1) is 46.7 Å². The van der Waals surface area contributed by atoms with E-state index >= 15 is 0 Å². The molecule has 0 radical (unpaired) electrons. The highest BCUT2D eigenvalue weighted by Gasteiger charge is 2.32. The second-order valence-corrected chi connectivity index (χ2v) is 8.14. The van der Waals surface area contributed by atoms with Gasteiger partial charge in [-0.05, 0) is 42.0 Å². The molecule has 6 bridgehead atoms. The van der Waals surface area contributed by atoms with E-state index in [4.69, 9.17) is 16.5 Å². The number of hydrogen-bond donors (Lipinski definition) is 2. The minimum atomic E-state index is -1.19. The van der Waals surface area contributed by atoms with E-state index in [2.05, 4.69) is 9.83 Å². The molecule has 2 atom stereocenters. The summed E-state index contributed by atoms with van der Waals surface area (Å²) >= 11 is 0. The van der Waals surface area contributed by atoms with Gasteiger partial charge >= 0.3 is 11.9 Å². The number of pyridine rings is 3. The van der Waals surface area contributed by atoms with E-state index < -0.39 is 29.7 Å². The number of nitrogens with zero attached hydrogens (tertiary/aromatic N) is 4. The Hall–Kier alpha value is -4.90. The lowest BCUT2D eigenvalue weighted by Crippen LogP contribution is -2.22. The number of hydrogen-bond acceptors (Lipinski definition) is 5. The summed E-state index contributed by atoms with van der Waals surface area (Å²) in [4.78, 5) is 42.1. The third-order valence-electron chi connectivity index (χ3n) is 5.98. The predicted octanol–water partition coefficient (Wildman–Crippen LogP) is 4.35. The van der Waals surface area contributed by atoms with Gasteiger partial charge in [0.1, 0.15) is 11.8 Å². The molecule has 8 heteroatoms. The molecule has 170 valence electrons. The smallest absolute Gasteiger partial charge is 0.318 e. The average molecular weight is 462 g/mol. The topological polar surface area (TPSA) is 118 Å². The second-order valence-electron chi connectivity index (χ2n) is 8.14. The van der Waals surface area contributed by atoms with E-state index in [-0.39, 0.29) is 22.8 Å². The molecule has 0 aliphatic carbocycles. The minimum Gasteiger partial charge on any atom is -0.480 e. The first-order valence-electron chi connectivity index (χ1n) is 10.8. The molecule has 0 saturated carbocycles. The number of carboxylic acids is 2. The van der Waals surface area contributed by atoms with E-state index in [0.717, 1.165) is 5.56 Å². The van der Waals surface area contributed by atoms with Crippen LogP contribution in [0.4, 0.5) is 5.69 Å². The van der Waals surface area contributed by atoms with Crippen LogP contribution in [0.2, 0.25) is 0 Å². The van der Waals surface area contributed by atoms with Gasteiger partial charge in [-0.3, -0.25) is 24.5 Å². The van der Waals surface area contributed by atoms with Crippen LogP contribution in [0, 0.1) is 6.57 Å². The highest BCUT2D eigenvalue weighted by atomic mass is 16.4. The zero-order chi connectivity index (χ0) is 24.5. The molecule has 8 nitrogen and oxygen atoms in total. The normalized spacial score (nSPS) is 18.4. The van der Waals surface area contributed by atoms with Crippen molar-refractivity contribution in [1.82, 2.24) is 15.0 Å². The van der Waals surface area contributed by atoms with Crippen molar-refractivity contribution in [3.8, 4) is 0 Å². The lowest BCUT2D eigenvalue weighted by Gasteiger charge is -2.22. The van der Waals surface area contributed by atoms with E-state index in [1.54, 1.807) is 72.8 Å². The van der Waals surface area contributed by atoms with Gasteiger partial charge in [0.25, 0.3) is 0 Å². The summed E-state index contributed by atoms with van der Waals surface area (Å²) in [5.74, 6) is -5.22. The van der Waals surface area contributed by atoms with Gasteiger partial charge in [0.15, 0.2) is 5.69 Å². The van der Waals surface area contributed by atoms with Crippen molar-refractivity contribution in [3.05, 3.63) is 130 Å². The van der Waals surface area contributed by atoms with Gasteiger partial charge in [0, 0.05) is 0 Å². The molecule has 1 aliphatic heterocycles. The first-order chi connectivity index (χ1) is 17.0. The molecule has 4 aromatic rings. The van der Waals surface area contributed by atoms with Crippen molar-refractivity contribution < 1.29 is 19.8 Å². The van der Waals surface area contributed by atoms with Crippen LogP contribution < -0.4 is 0 Å². The van der Waals surface area contributed by atoms with Crippen LogP contribution >= 0.6 is 0 Å². The molecule has 1 aromatic carbocycles. The third-order valence-corrected chi connectivity index (χ3v) is 5.98. The summed E-state index contributed by atoms with van der Waals surface area (Å²) in [6, 6.07) is 22.0. The lowest BCUT2D eigenvalue weighted by molar-refractivity contribution is -0.138. The monoisotopic (exact) mass is 462 g/mol. The maximum atomic E-state index is 12.4. The Morgan fingerprint density at radius 2 is 1.06 bits per heavy atom. The molecule has 5 rings (SSSR count). The van der Waals surface area contributed by atoms with E-state index in [0.29, 0.717) is 17.1 Å². The summed E-state index contributed by atoms with van der Waals surface area (Å²) in [5, 5.41) is 20.2. The molecular formula is C27H18N4O4. The molecule has 2 N–H and O–H groups in total. The van der Waals surface area contributed by atoms with E-state index in [1.807, 2.05) is 6.07 Å². The third kappa shape index (κ3) is 4.00. The zero-order valence-electron chi connectivity index (χ0n) is 18.2. The number of aliphatic carboxylic acids is 2. The van der Waals surface area contributed by atoms with Crippen molar-refractivity contribution in [2.75, 3.05) is 0 Å². The molecule has 0 amide bonds. The van der Waals surface area contributed by atoms with Gasteiger partial charge in [-0.2, -0.15) is 0 Å². The fourth-order valence-corrected chi connectivity index (χ4v) is 4.45. The van der Waals surface area contributed by atoms with E-state index in [1.165, 1.54) is 0 Å². The Morgan fingerprint density at radius 1 is 0.657 bits per heavy atom. The Labute approximate surface area is 200 Å². The first kappa shape index (κ1) is 21.9. The van der Waals surface area contributed by atoms with Crippen molar-refractivity contribution in [3.63, 3.8) is 0 Å². The lowest BCUT2D eigenvalue weighted by atomic mass is 9.89. The predicted molar refractivity (Wildman–Crippen MR) is 125 cm³/mol. The molecule has 4 heterocycles. The second kappa shape index (κ2) is 8.80. The Balaban J connectivity index is 1.85. The zero-order valence-corrected chi connectivity index (χ0v) is 18.2. The molecule has 3 aromatic heterocycles. The number of carbonyl (C=O) groups is 2. The summed E-state index contributed by atoms with van der Waals surface area (Å²) in [6.07, 6.45) is 0. The Morgan fingerprint density at radius 3 is 1.49 bits per heavy atom. The molecule has 0 spiro atoms. The minimum absolute atomic E-state index is 0.189. The van der Waals surface area contributed by atoms with Gasteiger partial charge in [-0.15, -0.1) is 0 Å². The van der Waals surface area contributed by atoms with Crippen molar-refractivity contribution in [2.24, 2.45) is 0 Å². The summed E-state index contributed by atoms with van der Waals surface area (Å²) in [5.41, 5.74) is 3.16. The van der Waals surface area contributed by atoms with Crippen LogP contribution in [0.1, 0.15) is 57.5 Å². The SMILES string of the molecule is [C-]#[N+]c1cccc(C2c3cccc(n3)C(C(=O)O)c3cccc(n3)C(C(=O)O)c3cccc2n3)c1. The number of fused-ring (bicyclic) bond motifs is 6. The summed E-state index contributed by atoms with van der Waals surface area (Å²) in [7, 11) is 0. The average Bonchev–Trinajstić information content (AvgIpc) is 2.85. The fourth-order valence-electron chi connectivity index (χ4n) is 4.45. The van der Waals surface area contributed by atoms with Gasteiger partial charge in [-0.25, -0.2) is 4.85 Å². The summed E-state index contributed by atoms with van der Waals surface area (Å²) in [6.45, 7) is 7.41. The van der Waals surface area contributed by atoms with Crippen LogP contribution in [-0.4, -0.2) is 37.1 Å². The van der Waals surface area contributed by atoms with Gasteiger partial charge < -0.3 is 10.2 Å². The highest BCUT2D eigenvalue weighted by Crippen LogP contribution is 2.35. The fraction of sp³-hybridized carbons (Fsp3) is 0.111. The Bertz CT molecular complexity index is 1430. The van der Waals surface area contributed by atoms with Crippen LogP contribution in [0.15, 0.2) is 78.9 Å². The van der Waals surface area contributed by atoms with Gasteiger partial charge in [-0.1, -0.05) is 42.5 Å². The van der Waals surface area contributed by atoms with Gasteiger partial charge in [0.2, 0.25) is 0 Å². The molecule has 0 saturated heterocycles. The van der Waals surface area contributed by atoms with Crippen molar-refractivity contribution >= 4 is 17.6 Å². The van der Waals surface area contributed by atoms with Crippen LogP contribution in [0.25, 0.3) is 4.85 Å². The number of aromatic nitrogens is 3. The largest absolute Gasteiger partial charge is 0.480 e. The standard InChI is InChI=1S/C27H18N4O4/c1-28-16-7-2-6-15(14-16)23-17-8-3-10-19(29-17)24(26(32)33)21-12-5-13-22(31-21)25(27(34)35)20-11-4-9-18(23)30-20/h2-14,23-25H,(H,32,33)(H,34,35). The van der Waals surface area contributed by atoms with Crippen LogP contribution in [0.3, 0.4) is 0 Å². The maximum absolute atomic E-state index is 12.4. The Kier molecular flexibility index (Phi) is 5.51. The van der Waals surface area contributed by atoms with Crippen molar-refractivity contribution in [2.45, 2.75) is 17.8 Å². The van der Waals surface area contributed by atoms with E-state index in [9.17, 15) is 19.8 Å². The maximum Gasteiger partial charge on any atom is 0.318 e. The highest BCUT2D eigenvalue weighted by molar-refractivity contribution is 5.81. The van der Waals surface area contributed by atoms with Crippen LogP contribution in [0.5, 0.6) is 0 Å². The molecule has 1 aliphatic rings. The summed E-state index contributed by atoms with van der Waals surface area (Å²) < 4.78 is 0. The molecule has 2 unspecified atom stereocenters. The van der Waals surface area contributed by atoms with Crippen LogP contribution in [-0.2, 0) is 9.59 Å². The number of rotatable bonds is 3. The number of carboxylic acid groups (broad SMARTS) is 2. The quantitative estimate of drug-likeness (QED) is 0.435. The molecule has 35 heavy (non-hydrogen) atoms.